The summed E-state index contributed by atoms with van der Waals surface area (Å²) in [4.78, 5) is 0. The van der Waals surface area contributed by atoms with Gasteiger partial charge >= 0.3 is 0 Å². The normalized spacial score (nSPS) is 13.7. The second-order valence-corrected chi connectivity index (χ2v) is 15.0. The second-order valence-electron chi connectivity index (χ2n) is 13.6. The van der Waals surface area contributed by atoms with Crippen molar-refractivity contribution in [1.29, 1.82) is 0 Å². The fourth-order valence-corrected chi connectivity index (χ4v) is 10.8. The van der Waals surface area contributed by atoms with Crippen molar-refractivity contribution in [3.8, 4) is 33.4 Å². The molecular weight excluding hydrogens is 617 g/mol. The largest absolute Gasteiger partial charge is 0.122 e. The SMILES string of the molecule is c1ccc2c(c1)[Si]c1ccccc1C21c2ccccc2-c2ccc(-c3c4ccccc4c(-c4cccc5ccccc45)c4ccccc34)cc21. The first kappa shape index (κ1) is 27.9. The quantitative estimate of drug-likeness (QED) is 0.130. The topological polar surface area (TPSA) is 0 Å². The molecular formula is C49H30Si. The van der Waals surface area contributed by atoms with Gasteiger partial charge in [0.25, 0.3) is 0 Å². The number of benzene rings is 9. The van der Waals surface area contributed by atoms with Gasteiger partial charge in [0.1, 0.15) is 9.52 Å². The van der Waals surface area contributed by atoms with Gasteiger partial charge < -0.3 is 0 Å². The lowest BCUT2D eigenvalue weighted by Gasteiger charge is -2.40. The van der Waals surface area contributed by atoms with E-state index in [0.717, 1.165) is 0 Å². The second kappa shape index (κ2) is 10.5. The summed E-state index contributed by atoms with van der Waals surface area (Å²) in [6.45, 7) is 0. The third-order valence-electron chi connectivity index (χ3n) is 11.3. The molecule has 0 fully saturated rings. The monoisotopic (exact) mass is 646 g/mol. The van der Waals surface area contributed by atoms with Crippen molar-refractivity contribution in [1.82, 2.24) is 0 Å². The first-order valence-corrected chi connectivity index (χ1v) is 18.4. The molecule has 1 spiro atoms. The molecule has 11 rings (SSSR count). The van der Waals surface area contributed by atoms with Crippen molar-refractivity contribution < 1.29 is 0 Å². The molecule has 0 amide bonds. The molecule has 0 atom stereocenters. The first-order chi connectivity index (χ1) is 24.8. The fraction of sp³-hybridized carbons (Fsp3) is 0.0204. The Kier molecular flexibility index (Phi) is 5.85. The molecule has 1 aliphatic carbocycles. The Hall–Kier alpha value is -6.02. The third kappa shape index (κ3) is 3.65. The molecule has 0 N–H and O–H groups in total. The highest BCUT2D eigenvalue weighted by molar-refractivity contribution is 6.69. The summed E-state index contributed by atoms with van der Waals surface area (Å²) in [5, 5.41) is 10.6. The average Bonchev–Trinajstić information content (AvgIpc) is 3.47. The van der Waals surface area contributed by atoms with Crippen LogP contribution in [-0.2, 0) is 5.41 Å². The van der Waals surface area contributed by atoms with Gasteiger partial charge in [0.05, 0.1) is 5.41 Å². The van der Waals surface area contributed by atoms with Crippen molar-refractivity contribution in [2.45, 2.75) is 5.41 Å². The smallest absolute Gasteiger partial charge is 0.0628 e. The third-order valence-corrected chi connectivity index (χ3v) is 12.7. The molecule has 230 valence electrons. The molecule has 1 heteroatoms. The van der Waals surface area contributed by atoms with Crippen LogP contribution in [0.2, 0.25) is 0 Å². The minimum absolute atomic E-state index is 0.380. The van der Waals surface area contributed by atoms with Crippen molar-refractivity contribution >= 4 is 52.2 Å². The van der Waals surface area contributed by atoms with Crippen LogP contribution < -0.4 is 10.4 Å². The molecule has 1 heterocycles. The van der Waals surface area contributed by atoms with Gasteiger partial charge in [-0.05, 0) is 94.0 Å². The molecule has 2 aliphatic rings. The van der Waals surface area contributed by atoms with E-state index in [-0.39, 0.29) is 5.41 Å². The number of fused-ring (bicyclic) bond motifs is 12. The highest BCUT2D eigenvalue weighted by Crippen LogP contribution is 2.57. The molecule has 0 nitrogen and oxygen atoms in total. The molecule has 1 aliphatic heterocycles. The number of hydrogen-bond acceptors (Lipinski definition) is 0. The minimum atomic E-state index is -0.380. The summed E-state index contributed by atoms with van der Waals surface area (Å²) in [5.74, 6) is 0. The summed E-state index contributed by atoms with van der Waals surface area (Å²) in [6.07, 6.45) is 0. The van der Waals surface area contributed by atoms with E-state index in [1.165, 1.54) is 98.3 Å². The number of hydrogen-bond donors (Lipinski definition) is 0. The Labute approximate surface area is 294 Å². The van der Waals surface area contributed by atoms with Crippen LogP contribution in [0.25, 0.3) is 65.7 Å². The lowest BCUT2D eigenvalue weighted by Crippen LogP contribution is -2.48. The van der Waals surface area contributed by atoms with E-state index in [1.807, 2.05) is 0 Å². The van der Waals surface area contributed by atoms with Gasteiger partial charge in [-0.1, -0.05) is 186 Å². The maximum atomic E-state index is 2.54. The molecule has 9 aromatic carbocycles. The zero-order valence-electron chi connectivity index (χ0n) is 27.3. The lowest BCUT2D eigenvalue weighted by atomic mass is 9.67. The summed E-state index contributed by atoms with van der Waals surface area (Å²) in [6, 6.07) is 68.4. The Bertz CT molecular complexity index is 2750. The lowest BCUT2D eigenvalue weighted by molar-refractivity contribution is 0.776. The summed E-state index contributed by atoms with van der Waals surface area (Å²) in [5.41, 5.74) is 13.0. The predicted octanol–water partition coefficient (Wildman–Crippen LogP) is 10.8. The minimum Gasteiger partial charge on any atom is -0.0628 e. The molecule has 0 aromatic heterocycles. The van der Waals surface area contributed by atoms with Crippen LogP contribution in [0.4, 0.5) is 0 Å². The van der Waals surface area contributed by atoms with Gasteiger partial charge in [-0.2, -0.15) is 0 Å². The van der Waals surface area contributed by atoms with Crippen LogP contribution >= 0.6 is 0 Å². The van der Waals surface area contributed by atoms with E-state index in [4.69, 9.17) is 0 Å². The molecule has 0 bridgehead atoms. The van der Waals surface area contributed by atoms with Gasteiger partial charge in [0.15, 0.2) is 0 Å². The van der Waals surface area contributed by atoms with Gasteiger partial charge in [0, 0.05) is 0 Å². The van der Waals surface area contributed by atoms with Crippen LogP contribution in [0.15, 0.2) is 182 Å². The molecule has 50 heavy (non-hydrogen) atoms. The summed E-state index contributed by atoms with van der Waals surface area (Å²) < 4.78 is 0. The van der Waals surface area contributed by atoms with E-state index >= 15 is 0 Å². The average molecular weight is 647 g/mol. The summed E-state index contributed by atoms with van der Waals surface area (Å²) >= 11 is 0. The zero-order valence-corrected chi connectivity index (χ0v) is 28.3. The Morgan fingerprint density at radius 3 is 1.48 bits per heavy atom. The maximum Gasteiger partial charge on any atom is 0.122 e. The van der Waals surface area contributed by atoms with E-state index in [2.05, 4.69) is 182 Å². The van der Waals surface area contributed by atoms with Crippen LogP contribution in [0, 0.1) is 0 Å². The van der Waals surface area contributed by atoms with Crippen molar-refractivity contribution in [3.63, 3.8) is 0 Å². The van der Waals surface area contributed by atoms with Gasteiger partial charge in [-0.3, -0.25) is 0 Å². The highest BCUT2D eigenvalue weighted by atomic mass is 28.2. The molecule has 9 aromatic rings. The number of rotatable bonds is 2. The van der Waals surface area contributed by atoms with Crippen molar-refractivity contribution in [2.24, 2.45) is 0 Å². The van der Waals surface area contributed by atoms with Crippen molar-refractivity contribution in [3.05, 3.63) is 204 Å². The molecule has 0 saturated heterocycles. The molecule has 0 unspecified atom stereocenters. The first-order valence-electron chi connectivity index (χ1n) is 17.4. The van der Waals surface area contributed by atoms with Gasteiger partial charge in [0.2, 0.25) is 0 Å². The van der Waals surface area contributed by atoms with Crippen LogP contribution in [0.1, 0.15) is 22.3 Å². The van der Waals surface area contributed by atoms with E-state index in [1.54, 1.807) is 0 Å². The molecule has 0 saturated carbocycles. The Morgan fingerprint density at radius 2 is 0.800 bits per heavy atom. The standard InChI is InChI=1S/C49H30Si/c1-2-16-33-31(14-1)15-13-22-36(33)48-39-20-5-3-18-37(39)47(38-19-4-6-21-40(38)48)32-28-29-35-34-17-7-8-23-41(34)49(44(35)30-32)42-24-9-11-26-45(42)50-46-27-12-10-25-43(46)49/h1-30H. The van der Waals surface area contributed by atoms with Gasteiger partial charge in [-0.15, -0.1) is 0 Å². The van der Waals surface area contributed by atoms with Crippen molar-refractivity contribution in [2.75, 3.05) is 0 Å². The van der Waals surface area contributed by atoms with Gasteiger partial charge in [-0.25, -0.2) is 0 Å². The van der Waals surface area contributed by atoms with Crippen LogP contribution in [0.5, 0.6) is 0 Å². The summed E-state index contributed by atoms with van der Waals surface area (Å²) in [7, 11) is 0.640. The predicted molar refractivity (Wildman–Crippen MR) is 212 cm³/mol. The Morgan fingerprint density at radius 1 is 0.320 bits per heavy atom. The maximum absolute atomic E-state index is 2.54. The Balaban J connectivity index is 1.26. The zero-order chi connectivity index (χ0) is 32.8. The van der Waals surface area contributed by atoms with Crippen LogP contribution in [-0.4, -0.2) is 9.52 Å². The van der Waals surface area contributed by atoms with E-state index < -0.39 is 0 Å². The highest BCUT2D eigenvalue weighted by Gasteiger charge is 2.49. The van der Waals surface area contributed by atoms with Crippen LogP contribution in [0.3, 0.4) is 0 Å². The van der Waals surface area contributed by atoms with E-state index in [0.29, 0.717) is 9.52 Å². The fourth-order valence-electron chi connectivity index (χ4n) is 9.32. The van der Waals surface area contributed by atoms with E-state index in [9.17, 15) is 0 Å². The molecule has 2 radical (unpaired) electrons.